The number of hydrogen-bond acceptors (Lipinski definition) is 4. The van der Waals surface area contributed by atoms with Crippen molar-refractivity contribution in [2.75, 3.05) is 30.9 Å². The Kier molecular flexibility index (Phi) is 3.91. The van der Waals surface area contributed by atoms with Crippen molar-refractivity contribution < 1.29 is 14.2 Å². The second-order valence-corrected chi connectivity index (χ2v) is 4.55. The van der Waals surface area contributed by atoms with Gasteiger partial charge in [0.2, 0.25) is 0 Å². The lowest BCUT2D eigenvalue weighted by atomic mass is 9.91. The van der Waals surface area contributed by atoms with Crippen molar-refractivity contribution in [1.29, 1.82) is 0 Å². The number of aliphatic hydroxyl groups excluding tert-OH is 1. The van der Waals surface area contributed by atoms with Gasteiger partial charge in [0, 0.05) is 24.7 Å². The lowest BCUT2D eigenvalue weighted by Gasteiger charge is -2.39. The fourth-order valence-corrected chi connectivity index (χ4v) is 2.26. The first-order chi connectivity index (χ1) is 8.67. The van der Waals surface area contributed by atoms with E-state index in [0.717, 1.165) is 19.3 Å². The summed E-state index contributed by atoms with van der Waals surface area (Å²) in [5.41, 5.74) is 6.41. The largest absolute Gasteiger partial charge is 0.495 e. The minimum absolute atomic E-state index is 0.00261. The second kappa shape index (κ2) is 5.44. The van der Waals surface area contributed by atoms with Crippen LogP contribution in [-0.2, 0) is 0 Å². The van der Waals surface area contributed by atoms with Gasteiger partial charge < -0.3 is 20.5 Å². The molecule has 5 heteroatoms. The molecule has 3 N–H and O–H groups in total. The monoisotopic (exact) mass is 254 g/mol. The number of methoxy groups -OCH3 is 1. The van der Waals surface area contributed by atoms with Crippen LogP contribution in [0, 0.1) is 5.82 Å². The van der Waals surface area contributed by atoms with Crippen LogP contribution in [0.25, 0.3) is 0 Å². The first-order valence-corrected chi connectivity index (χ1v) is 6.18. The molecule has 4 nitrogen and oxygen atoms in total. The molecule has 0 unspecified atom stereocenters. The molecule has 0 spiro atoms. The quantitative estimate of drug-likeness (QED) is 0.786. The number of benzene rings is 1. The van der Waals surface area contributed by atoms with Gasteiger partial charge in [0.1, 0.15) is 11.6 Å². The predicted octanol–water partition coefficient (Wildman–Crippen LogP) is 1.77. The van der Waals surface area contributed by atoms with Crippen LogP contribution in [-0.4, -0.2) is 31.4 Å². The van der Waals surface area contributed by atoms with E-state index in [0.29, 0.717) is 24.0 Å². The van der Waals surface area contributed by atoms with Gasteiger partial charge in [0.15, 0.2) is 0 Å². The number of rotatable bonds is 5. The van der Waals surface area contributed by atoms with Crippen LogP contribution in [0.4, 0.5) is 15.8 Å². The van der Waals surface area contributed by atoms with Crippen LogP contribution in [0.15, 0.2) is 12.1 Å². The van der Waals surface area contributed by atoms with Crippen LogP contribution in [0.2, 0.25) is 0 Å². The molecule has 0 saturated heterocycles. The molecule has 0 amide bonds. The Hall–Kier alpha value is -1.49. The highest BCUT2D eigenvalue weighted by molar-refractivity contribution is 5.63. The molecule has 0 atom stereocenters. The number of aliphatic hydroxyl groups is 1. The van der Waals surface area contributed by atoms with Crippen LogP contribution in [0.1, 0.15) is 19.3 Å². The van der Waals surface area contributed by atoms with Crippen LogP contribution >= 0.6 is 0 Å². The summed E-state index contributed by atoms with van der Waals surface area (Å²) in [6, 6.07) is 3.19. The summed E-state index contributed by atoms with van der Waals surface area (Å²) in [7, 11) is 1.51. The van der Waals surface area contributed by atoms with Gasteiger partial charge in [-0.1, -0.05) is 0 Å². The molecule has 1 saturated carbocycles. The molecule has 1 aromatic rings. The molecule has 1 aliphatic rings. The van der Waals surface area contributed by atoms with Crippen molar-refractivity contribution in [2.24, 2.45) is 0 Å². The highest BCUT2D eigenvalue weighted by atomic mass is 19.1. The topological polar surface area (TPSA) is 58.7 Å². The van der Waals surface area contributed by atoms with Crippen LogP contribution in [0.3, 0.4) is 0 Å². The normalized spacial score (nSPS) is 15.3. The maximum atomic E-state index is 14.0. The van der Waals surface area contributed by atoms with Gasteiger partial charge in [-0.05, 0) is 19.3 Å². The molecule has 0 heterocycles. The number of ether oxygens (including phenoxy) is 1. The third kappa shape index (κ3) is 2.36. The Morgan fingerprint density at radius 1 is 1.50 bits per heavy atom. The molecule has 100 valence electrons. The van der Waals surface area contributed by atoms with Crippen molar-refractivity contribution in [2.45, 2.75) is 25.3 Å². The number of nitrogens with zero attached hydrogens (tertiary/aromatic N) is 1. The van der Waals surface area contributed by atoms with Gasteiger partial charge in [-0.2, -0.15) is 0 Å². The fourth-order valence-electron chi connectivity index (χ4n) is 2.26. The van der Waals surface area contributed by atoms with E-state index in [4.69, 9.17) is 15.6 Å². The van der Waals surface area contributed by atoms with Crippen LogP contribution in [0.5, 0.6) is 5.75 Å². The zero-order valence-corrected chi connectivity index (χ0v) is 10.5. The minimum Gasteiger partial charge on any atom is -0.495 e. The zero-order valence-electron chi connectivity index (χ0n) is 10.5. The number of nitrogens with two attached hydrogens (primary N) is 1. The Morgan fingerprint density at radius 2 is 2.22 bits per heavy atom. The van der Waals surface area contributed by atoms with Crippen molar-refractivity contribution in [3.05, 3.63) is 17.9 Å². The molecule has 0 radical (unpaired) electrons. The number of anilines is 2. The van der Waals surface area contributed by atoms with Gasteiger partial charge in [0.05, 0.1) is 25.1 Å². The van der Waals surface area contributed by atoms with Gasteiger partial charge in [-0.25, -0.2) is 4.39 Å². The summed E-state index contributed by atoms with van der Waals surface area (Å²) < 4.78 is 19.1. The molecule has 0 bridgehead atoms. The van der Waals surface area contributed by atoms with E-state index in [-0.39, 0.29) is 18.1 Å². The molecule has 1 aromatic carbocycles. The summed E-state index contributed by atoms with van der Waals surface area (Å²) in [5, 5.41) is 9.12. The predicted molar refractivity (Wildman–Crippen MR) is 69.4 cm³/mol. The van der Waals surface area contributed by atoms with Gasteiger partial charge in [-0.15, -0.1) is 0 Å². The van der Waals surface area contributed by atoms with Gasteiger partial charge in [-0.3, -0.25) is 0 Å². The maximum absolute atomic E-state index is 14.0. The van der Waals surface area contributed by atoms with E-state index in [1.54, 1.807) is 6.07 Å². The average Bonchev–Trinajstić information content (AvgIpc) is 2.26. The van der Waals surface area contributed by atoms with Crippen molar-refractivity contribution >= 4 is 11.4 Å². The zero-order chi connectivity index (χ0) is 13.1. The first kappa shape index (κ1) is 13.0. The molecule has 2 rings (SSSR count). The lowest BCUT2D eigenvalue weighted by molar-refractivity contribution is 0.282. The fraction of sp³-hybridized carbons (Fsp3) is 0.538. The highest BCUT2D eigenvalue weighted by Gasteiger charge is 2.27. The summed E-state index contributed by atoms with van der Waals surface area (Å²) in [5.74, 6) is 0.0994. The summed E-state index contributed by atoms with van der Waals surface area (Å²) in [6.07, 6.45) is 3.22. The molecule has 0 aromatic heterocycles. The highest BCUT2D eigenvalue weighted by Crippen LogP contribution is 2.35. The molecule has 1 aliphatic carbocycles. The van der Waals surface area contributed by atoms with Crippen LogP contribution < -0.4 is 15.4 Å². The third-order valence-electron chi connectivity index (χ3n) is 3.46. The van der Waals surface area contributed by atoms with E-state index in [1.807, 2.05) is 4.90 Å². The van der Waals surface area contributed by atoms with Crippen molar-refractivity contribution in [3.8, 4) is 5.75 Å². The Labute approximate surface area is 106 Å². The minimum atomic E-state index is -0.367. The smallest absolute Gasteiger partial charge is 0.148 e. The average molecular weight is 254 g/mol. The van der Waals surface area contributed by atoms with Crippen molar-refractivity contribution in [1.82, 2.24) is 0 Å². The summed E-state index contributed by atoms with van der Waals surface area (Å²) in [6.45, 7) is 0.428. The maximum Gasteiger partial charge on any atom is 0.148 e. The van der Waals surface area contributed by atoms with E-state index in [9.17, 15) is 4.39 Å². The Bertz CT molecular complexity index is 422. The van der Waals surface area contributed by atoms with E-state index < -0.39 is 0 Å². The molecule has 1 fully saturated rings. The molecule has 0 aliphatic heterocycles. The second-order valence-electron chi connectivity index (χ2n) is 4.55. The van der Waals surface area contributed by atoms with Gasteiger partial charge in [0.25, 0.3) is 0 Å². The molecule has 18 heavy (non-hydrogen) atoms. The third-order valence-corrected chi connectivity index (χ3v) is 3.46. The number of hydrogen-bond donors (Lipinski definition) is 2. The summed E-state index contributed by atoms with van der Waals surface area (Å²) in [4.78, 5) is 1.90. The van der Waals surface area contributed by atoms with E-state index >= 15 is 0 Å². The SMILES string of the molecule is COc1cc(N(CCO)C2CCC2)c(F)cc1N. The van der Waals surface area contributed by atoms with E-state index in [1.165, 1.54) is 13.2 Å². The lowest BCUT2D eigenvalue weighted by Crippen LogP contribution is -2.42. The molecular weight excluding hydrogens is 235 g/mol. The Morgan fingerprint density at radius 3 is 2.72 bits per heavy atom. The standard InChI is InChI=1S/C13H19FN2O2/c1-18-13-8-12(10(14)7-11(13)15)16(5-6-17)9-3-2-4-9/h7-9,17H,2-6,15H2,1H3. The number of halogens is 1. The van der Waals surface area contributed by atoms with E-state index in [2.05, 4.69) is 0 Å². The molecular formula is C13H19FN2O2. The van der Waals surface area contributed by atoms with Crippen molar-refractivity contribution in [3.63, 3.8) is 0 Å². The first-order valence-electron chi connectivity index (χ1n) is 6.18. The summed E-state index contributed by atoms with van der Waals surface area (Å²) >= 11 is 0. The Balaban J connectivity index is 2.33. The number of nitrogen functional groups attached to an aromatic ring is 1. The van der Waals surface area contributed by atoms with Gasteiger partial charge >= 0.3 is 0 Å².